The normalized spacial score (nSPS) is 18.4. The lowest BCUT2D eigenvalue weighted by molar-refractivity contribution is 0.102. The number of benzene rings is 2. The van der Waals surface area contributed by atoms with Gasteiger partial charge in [0.1, 0.15) is 0 Å². The first-order valence-corrected chi connectivity index (χ1v) is 13.0. The number of hydrogen-bond acceptors (Lipinski definition) is 5. The van der Waals surface area contributed by atoms with Crippen molar-refractivity contribution in [2.24, 2.45) is 0 Å². The number of amides is 1. The van der Waals surface area contributed by atoms with Crippen LogP contribution in [0.1, 0.15) is 39.4 Å². The Morgan fingerprint density at radius 2 is 1.73 bits per heavy atom. The Bertz CT molecular complexity index is 857. The van der Waals surface area contributed by atoms with E-state index in [2.05, 4.69) is 53.2 Å². The van der Waals surface area contributed by atoms with E-state index in [1.54, 1.807) is 0 Å². The summed E-state index contributed by atoms with van der Waals surface area (Å²) in [5.41, 5.74) is 5.26. The van der Waals surface area contributed by atoms with Gasteiger partial charge < -0.3 is 15.1 Å². The molecule has 4 nitrogen and oxygen atoms in total. The van der Waals surface area contributed by atoms with Gasteiger partial charge in [0.15, 0.2) is 0 Å². The highest BCUT2D eigenvalue weighted by atomic mass is 32.2. The minimum atomic E-state index is -0.0436. The van der Waals surface area contributed by atoms with E-state index in [0.29, 0.717) is 10.1 Å². The Labute approximate surface area is 188 Å². The first kappa shape index (κ1) is 21.6. The van der Waals surface area contributed by atoms with Crippen LogP contribution in [0.15, 0.2) is 42.5 Å². The van der Waals surface area contributed by atoms with Crippen molar-refractivity contribution in [3.8, 4) is 0 Å². The SMILES string of the molecule is CCN1CCN(c2ccc(NC(=O)c3ccc(C4SCCCS4)cc3)c(C)c2)CC1. The quantitative estimate of drug-likeness (QED) is 0.685. The lowest BCUT2D eigenvalue weighted by atomic mass is 10.1. The number of nitrogens with zero attached hydrogens (tertiary/aromatic N) is 2. The van der Waals surface area contributed by atoms with Crippen molar-refractivity contribution in [2.45, 2.75) is 24.9 Å². The highest BCUT2D eigenvalue weighted by molar-refractivity contribution is 8.16. The molecule has 0 unspecified atom stereocenters. The fourth-order valence-corrected chi connectivity index (χ4v) is 6.87. The average molecular weight is 442 g/mol. The monoisotopic (exact) mass is 441 g/mol. The van der Waals surface area contributed by atoms with Gasteiger partial charge in [-0.3, -0.25) is 4.79 Å². The van der Waals surface area contributed by atoms with Crippen molar-refractivity contribution in [3.05, 3.63) is 59.2 Å². The minimum absolute atomic E-state index is 0.0436. The summed E-state index contributed by atoms with van der Waals surface area (Å²) in [7, 11) is 0. The van der Waals surface area contributed by atoms with Gasteiger partial charge in [0, 0.05) is 43.1 Å². The molecule has 2 saturated heterocycles. The van der Waals surface area contributed by atoms with Crippen LogP contribution in [0.5, 0.6) is 0 Å². The number of carbonyl (C=O) groups is 1. The zero-order chi connectivity index (χ0) is 20.9. The highest BCUT2D eigenvalue weighted by Gasteiger charge is 2.18. The van der Waals surface area contributed by atoms with E-state index in [1.807, 2.05) is 41.7 Å². The van der Waals surface area contributed by atoms with Gasteiger partial charge in [-0.1, -0.05) is 19.1 Å². The Kier molecular flexibility index (Phi) is 7.28. The standard InChI is InChI=1S/C24H31N3OS2/c1-3-26-11-13-27(14-12-26)21-9-10-22(18(2)17-21)25-23(28)19-5-7-20(8-6-19)24-29-15-4-16-30-24/h5-10,17,24H,3-4,11-16H2,1-2H3,(H,25,28). The maximum Gasteiger partial charge on any atom is 0.255 e. The largest absolute Gasteiger partial charge is 0.369 e. The van der Waals surface area contributed by atoms with Crippen molar-refractivity contribution in [3.63, 3.8) is 0 Å². The number of anilines is 2. The molecule has 2 heterocycles. The first-order valence-electron chi connectivity index (χ1n) is 10.9. The topological polar surface area (TPSA) is 35.6 Å². The van der Waals surface area contributed by atoms with Crippen LogP contribution in [0, 0.1) is 6.92 Å². The molecular weight excluding hydrogens is 410 g/mol. The number of likely N-dealkylation sites (N-methyl/N-ethyl adjacent to an activating group) is 1. The Morgan fingerprint density at radius 1 is 1.03 bits per heavy atom. The zero-order valence-electron chi connectivity index (χ0n) is 17.9. The summed E-state index contributed by atoms with van der Waals surface area (Å²) in [4.78, 5) is 17.7. The molecule has 0 bridgehead atoms. The van der Waals surface area contributed by atoms with Gasteiger partial charge in [0.2, 0.25) is 0 Å². The van der Waals surface area contributed by atoms with E-state index in [-0.39, 0.29) is 5.91 Å². The number of hydrogen-bond donors (Lipinski definition) is 1. The fraction of sp³-hybridized carbons (Fsp3) is 0.458. The second kappa shape index (κ2) is 10.1. The van der Waals surface area contributed by atoms with E-state index in [4.69, 9.17) is 0 Å². The van der Waals surface area contributed by atoms with E-state index in [9.17, 15) is 4.79 Å². The molecule has 0 aromatic heterocycles. The molecule has 2 aromatic carbocycles. The van der Waals surface area contributed by atoms with Gasteiger partial charge in [-0.2, -0.15) is 0 Å². The van der Waals surface area contributed by atoms with Crippen molar-refractivity contribution in [2.75, 3.05) is 54.4 Å². The van der Waals surface area contributed by atoms with Gasteiger partial charge >= 0.3 is 0 Å². The van der Waals surface area contributed by atoms with Crippen LogP contribution >= 0.6 is 23.5 Å². The molecule has 2 fully saturated rings. The molecule has 4 rings (SSSR count). The number of piperazine rings is 1. The predicted octanol–water partition coefficient (Wildman–Crippen LogP) is 5.26. The first-order chi connectivity index (χ1) is 14.6. The van der Waals surface area contributed by atoms with Gasteiger partial charge in [-0.15, -0.1) is 23.5 Å². The van der Waals surface area contributed by atoms with Gasteiger partial charge in [0.25, 0.3) is 5.91 Å². The number of thioether (sulfide) groups is 2. The molecule has 6 heteroatoms. The second-order valence-electron chi connectivity index (χ2n) is 7.92. The van der Waals surface area contributed by atoms with E-state index in [1.165, 1.54) is 29.2 Å². The summed E-state index contributed by atoms with van der Waals surface area (Å²) in [6.07, 6.45) is 1.29. The molecule has 0 spiro atoms. The molecule has 160 valence electrons. The lowest BCUT2D eigenvalue weighted by Crippen LogP contribution is -2.46. The summed E-state index contributed by atoms with van der Waals surface area (Å²) < 4.78 is 0.504. The molecule has 2 aliphatic rings. The van der Waals surface area contributed by atoms with Gasteiger partial charge in [-0.05, 0) is 72.9 Å². The summed E-state index contributed by atoms with van der Waals surface area (Å²) in [5.74, 6) is 2.41. The molecule has 1 N–H and O–H groups in total. The minimum Gasteiger partial charge on any atom is -0.369 e. The van der Waals surface area contributed by atoms with E-state index in [0.717, 1.165) is 44.0 Å². The lowest BCUT2D eigenvalue weighted by Gasteiger charge is -2.35. The molecular formula is C24H31N3OS2. The van der Waals surface area contributed by atoms with Crippen LogP contribution in [0.4, 0.5) is 11.4 Å². The maximum atomic E-state index is 12.8. The van der Waals surface area contributed by atoms with Crippen LogP contribution in [0.25, 0.3) is 0 Å². The molecule has 0 saturated carbocycles. The third-order valence-corrected chi connectivity index (χ3v) is 8.93. The Balaban J connectivity index is 1.38. The van der Waals surface area contributed by atoms with Crippen LogP contribution in [0.3, 0.4) is 0 Å². The molecule has 0 radical (unpaired) electrons. The third kappa shape index (κ3) is 5.16. The van der Waals surface area contributed by atoms with Crippen molar-refractivity contribution in [1.29, 1.82) is 0 Å². The zero-order valence-corrected chi connectivity index (χ0v) is 19.5. The molecule has 0 aliphatic carbocycles. The van der Waals surface area contributed by atoms with Gasteiger partial charge in [-0.25, -0.2) is 0 Å². The van der Waals surface area contributed by atoms with Crippen LogP contribution < -0.4 is 10.2 Å². The predicted molar refractivity (Wildman–Crippen MR) is 132 cm³/mol. The fourth-order valence-electron chi connectivity index (χ4n) is 3.97. The van der Waals surface area contributed by atoms with Crippen molar-refractivity contribution < 1.29 is 4.79 Å². The number of carbonyl (C=O) groups excluding carboxylic acids is 1. The third-order valence-electron chi connectivity index (χ3n) is 5.92. The molecule has 0 atom stereocenters. The number of rotatable bonds is 5. The smallest absolute Gasteiger partial charge is 0.255 e. The van der Waals surface area contributed by atoms with Crippen molar-refractivity contribution >= 4 is 40.8 Å². The molecule has 1 amide bonds. The summed E-state index contributed by atoms with van der Waals surface area (Å²) in [5, 5.41) is 3.10. The summed E-state index contributed by atoms with van der Waals surface area (Å²) >= 11 is 4.01. The number of aryl methyl sites for hydroxylation is 1. The maximum absolute atomic E-state index is 12.8. The summed E-state index contributed by atoms with van der Waals surface area (Å²) in [6.45, 7) is 9.76. The van der Waals surface area contributed by atoms with Gasteiger partial charge in [0.05, 0.1) is 4.58 Å². The van der Waals surface area contributed by atoms with Crippen LogP contribution in [-0.2, 0) is 0 Å². The van der Waals surface area contributed by atoms with E-state index >= 15 is 0 Å². The van der Waals surface area contributed by atoms with E-state index < -0.39 is 0 Å². The van der Waals surface area contributed by atoms with Crippen molar-refractivity contribution in [1.82, 2.24) is 4.90 Å². The van der Waals surface area contributed by atoms with Crippen LogP contribution in [-0.4, -0.2) is 55.0 Å². The van der Waals surface area contributed by atoms with Crippen LogP contribution in [0.2, 0.25) is 0 Å². The highest BCUT2D eigenvalue weighted by Crippen LogP contribution is 2.43. The molecule has 2 aromatic rings. The Morgan fingerprint density at radius 3 is 2.37 bits per heavy atom. The second-order valence-corrected chi connectivity index (χ2v) is 10.6. The molecule has 2 aliphatic heterocycles. The summed E-state index contributed by atoms with van der Waals surface area (Å²) in [6, 6.07) is 14.5. The molecule has 30 heavy (non-hydrogen) atoms. The average Bonchev–Trinajstić information content (AvgIpc) is 2.81. The Hall–Kier alpha value is -1.63. The number of nitrogens with one attached hydrogen (secondary N) is 1.